The first-order valence-corrected chi connectivity index (χ1v) is 11.1. The number of hydrogen-bond acceptors (Lipinski definition) is 3. The van der Waals surface area contributed by atoms with Crippen molar-refractivity contribution >= 4 is 10.0 Å². The Labute approximate surface area is 158 Å². The van der Waals surface area contributed by atoms with Crippen molar-refractivity contribution in [3.05, 3.63) is 30.3 Å². The maximum Gasteiger partial charge on any atom is 0.269 e. The lowest BCUT2D eigenvalue weighted by Gasteiger charge is -2.38. The first-order chi connectivity index (χ1) is 12.2. The molecule has 0 aliphatic rings. The fourth-order valence-corrected chi connectivity index (χ4v) is 4.53. The highest BCUT2D eigenvalue weighted by atomic mass is 32.2. The van der Waals surface area contributed by atoms with Gasteiger partial charge in [-0.3, -0.25) is 0 Å². The second-order valence-corrected chi connectivity index (χ2v) is 9.14. The predicted octanol–water partition coefficient (Wildman–Crippen LogP) is 5.09. The summed E-state index contributed by atoms with van der Waals surface area (Å²) in [5.41, 5.74) is -1.12. The third-order valence-electron chi connectivity index (χ3n) is 5.23. The van der Waals surface area contributed by atoms with E-state index in [0.717, 1.165) is 32.1 Å². The van der Waals surface area contributed by atoms with Crippen LogP contribution in [0.5, 0.6) is 0 Å². The van der Waals surface area contributed by atoms with Gasteiger partial charge in [0, 0.05) is 5.92 Å². The van der Waals surface area contributed by atoms with Gasteiger partial charge in [-0.25, -0.2) is 8.42 Å². The molecule has 0 saturated carbocycles. The Bertz CT molecular complexity index is 619. The molecule has 0 bridgehead atoms. The van der Waals surface area contributed by atoms with Gasteiger partial charge in [0.05, 0.1) is 16.5 Å². The summed E-state index contributed by atoms with van der Waals surface area (Å²) in [6, 6.07) is 6.74. The molecule has 0 spiro atoms. The highest BCUT2D eigenvalue weighted by Gasteiger charge is 2.41. The zero-order valence-electron chi connectivity index (χ0n) is 16.5. The Kier molecular flexibility index (Phi) is 9.21. The van der Waals surface area contributed by atoms with E-state index >= 15 is 4.48 Å². The van der Waals surface area contributed by atoms with Gasteiger partial charge in [0.25, 0.3) is 10.0 Å². The molecule has 1 aromatic rings. The van der Waals surface area contributed by atoms with E-state index in [1.165, 1.54) is 12.1 Å². The van der Waals surface area contributed by atoms with Crippen LogP contribution in [-0.2, 0) is 10.0 Å². The predicted molar refractivity (Wildman–Crippen MR) is 104 cm³/mol. The van der Waals surface area contributed by atoms with E-state index in [1.807, 2.05) is 13.8 Å². The van der Waals surface area contributed by atoms with Gasteiger partial charge in [-0.1, -0.05) is 71.1 Å². The van der Waals surface area contributed by atoms with E-state index in [9.17, 15) is 13.5 Å². The number of benzene rings is 1. The van der Waals surface area contributed by atoms with Gasteiger partial charge in [-0.05, 0) is 36.4 Å². The molecule has 0 aromatic heterocycles. The summed E-state index contributed by atoms with van der Waals surface area (Å²) in [5, 5.41) is 10.8. The van der Waals surface area contributed by atoms with E-state index in [1.54, 1.807) is 32.0 Å². The van der Waals surface area contributed by atoms with Gasteiger partial charge < -0.3 is 5.11 Å². The van der Waals surface area contributed by atoms with Gasteiger partial charge in [0.1, 0.15) is 0 Å². The number of hydrogen-bond donors (Lipinski definition) is 1. The Morgan fingerprint density at radius 3 is 2.23 bits per heavy atom. The molecule has 0 fully saturated rings. The van der Waals surface area contributed by atoms with Crippen molar-refractivity contribution in [2.45, 2.75) is 89.2 Å². The molecule has 3 atom stereocenters. The number of aliphatic hydroxyl groups is 1. The third-order valence-corrected chi connectivity index (χ3v) is 6.83. The van der Waals surface area contributed by atoms with E-state index < -0.39 is 27.6 Å². The summed E-state index contributed by atoms with van der Waals surface area (Å²) < 4.78 is 40.6. The molecule has 1 rings (SSSR count). The van der Waals surface area contributed by atoms with Gasteiger partial charge in [-0.2, -0.15) is 0 Å². The SMILES string of the molecule is CCCCCC([C@H](C)[C@@](C)(O)CCCC)N(F)S(=O)(=O)c1ccccc1. The summed E-state index contributed by atoms with van der Waals surface area (Å²) in [6.07, 6.45) is 5.24. The van der Waals surface area contributed by atoms with Crippen LogP contribution in [0.15, 0.2) is 35.2 Å². The lowest BCUT2D eigenvalue weighted by atomic mass is 9.80. The second kappa shape index (κ2) is 10.4. The smallest absolute Gasteiger partial charge is 0.269 e. The highest BCUT2D eigenvalue weighted by Crippen LogP contribution is 2.34. The van der Waals surface area contributed by atoms with Crippen LogP contribution in [0, 0.1) is 5.92 Å². The highest BCUT2D eigenvalue weighted by molar-refractivity contribution is 7.89. The largest absolute Gasteiger partial charge is 0.390 e. The average molecular weight is 388 g/mol. The lowest BCUT2D eigenvalue weighted by Crippen LogP contribution is -2.47. The summed E-state index contributed by atoms with van der Waals surface area (Å²) in [5.74, 6) is -0.519. The Balaban J connectivity index is 3.11. The molecule has 0 amide bonds. The minimum Gasteiger partial charge on any atom is -0.390 e. The van der Waals surface area contributed by atoms with Gasteiger partial charge in [0.15, 0.2) is 0 Å². The minimum atomic E-state index is -4.25. The molecule has 1 aromatic carbocycles. The molecule has 1 N–H and O–H groups in total. The number of unbranched alkanes of at least 4 members (excludes halogenated alkanes) is 3. The normalized spacial score (nSPS) is 17.0. The molecule has 0 heterocycles. The van der Waals surface area contributed by atoms with E-state index in [-0.39, 0.29) is 9.42 Å². The van der Waals surface area contributed by atoms with Crippen molar-refractivity contribution in [2.75, 3.05) is 0 Å². The van der Waals surface area contributed by atoms with Crippen molar-refractivity contribution in [3.8, 4) is 0 Å². The van der Waals surface area contributed by atoms with Gasteiger partial charge >= 0.3 is 0 Å². The van der Waals surface area contributed by atoms with Gasteiger partial charge in [-0.15, -0.1) is 4.48 Å². The van der Waals surface area contributed by atoms with Gasteiger partial charge in [0.2, 0.25) is 0 Å². The maximum atomic E-state index is 15.2. The van der Waals surface area contributed by atoms with Crippen LogP contribution >= 0.6 is 0 Å². The molecule has 0 saturated heterocycles. The van der Waals surface area contributed by atoms with E-state index in [4.69, 9.17) is 0 Å². The minimum absolute atomic E-state index is 0.0108. The first-order valence-electron chi connectivity index (χ1n) is 9.66. The zero-order chi connectivity index (χ0) is 19.8. The maximum absolute atomic E-state index is 15.2. The monoisotopic (exact) mass is 387 g/mol. The number of halogens is 1. The molecule has 26 heavy (non-hydrogen) atoms. The van der Waals surface area contributed by atoms with Crippen molar-refractivity contribution < 1.29 is 18.0 Å². The van der Waals surface area contributed by atoms with Crippen molar-refractivity contribution in [1.29, 1.82) is 0 Å². The number of sulfonamides is 1. The van der Waals surface area contributed by atoms with Crippen LogP contribution in [0.2, 0.25) is 0 Å². The van der Waals surface area contributed by atoms with Crippen LogP contribution in [0.1, 0.15) is 72.6 Å². The molecule has 0 aliphatic carbocycles. The molecule has 1 unspecified atom stereocenters. The molecule has 0 radical (unpaired) electrons. The van der Waals surface area contributed by atoms with Crippen molar-refractivity contribution in [1.82, 2.24) is 4.53 Å². The average Bonchev–Trinajstić information content (AvgIpc) is 2.63. The van der Waals surface area contributed by atoms with Crippen LogP contribution in [0.3, 0.4) is 0 Å². The molecule has 4 nitrogen and oxygen atoms in total. The first kappa shape index (κ1) is 23.1. The number of nitrogens with zero attached hydrogens (tertiary/aromatic N) is 1. The topological polar surface area (TPSA) is 57.6 Å². The van der Waals surface area contributed by atoms with E-state index in [0.29, 0.717) is 12.8 Å². The summed E-state index contributed by atoms with van der Waals surface area (Å²) >= 11 is 0. The standard InChI is InChI=1S/C20H34FNO3S/c1-5-7-10-15-19(17(3)20(4,23)16-8-6-2)22(21)26(24,25)18-13-11-9-12-14-18/h9,11-14,17,19,23H,5-8,10,15-16H2,1-4H3/t17-,19?,20-/m0/s1. The summed E-state index contributed by atoms with van der Waals surface area (Å²) in [7, 11) is -4.25. The molecular weight excluding hydrogens is 353 g/mol. The summed E-state index contributed by atoms with van der Waals surface area (Å²) in [6.45, 7) is 7.51. The van der Waals surface area contributed by atoms with Crippen LogP contribution in [0.4, 0.5) is 4.48 Å². The molecule has 6 heteroatoms. The van der Waals surface area contributed by atoms with Crippen LogP contribution < -0.4 is 0 Å². The van der Waals surface area contributed by atoms with Crippen LogP contribution in [-0.4, -0.2) is 29.7 Å². The second-order valence-electron chi connectivity index (χ2n) is 7.37. The quantitative estimate of drug-likeness (QED) is 0.401. The lowest BCUT2D eigenvalue weighted by molar-refractivity contribution is -0.0616. The fraction of sp³-hybridized carbons (Fsp3) is 0.700. The molecule has 150 valence electrons. The molecular formula is C20H34FNO3S. The molecule has 0 aliphatic heterocycles. The van der Waals surface area contributed by atoms with Crippen molar-refractivity contribution in [2.24, 2.45) is 5.92 Å². The summed E-state index contributed by atoms with van der Waals surface area (Å²) in [4.78, 5) is -0.0663. The van der Waals surface area contributed by atoms with Crippen LogP contribution in [0.25, 0.3) is 0 Å². The third kappa shape index (κ3) is 6.03. The fourth-order valence-electron chi connectivity index (χ4n) is 3.18. The Morgan fingerprint density at radius 2 is 1.69 bits per heavy atom. The Morgan fingerprint density at radius 1 is 1.12 bits per heavy atom. The zero-order valence-corrected chi connectivity index (χ0v) is 17.3. The van der Waals surface area contributed by atoms with Crippen molar-refractivity contribution in [3.63, 3.8) is 0 Å². The van der Waals surface area contributed by atoms with E-state index in [2.05, 4.69) is 0 Å². The number of rotatable bonds is 12. The Hall–Kier alpha value is -0.980.